The van der Waals surface area contributed by atoms with Crippen molar-refractivity contribution in [1.29, 1.82) is 0 Å². The number of carbonyl (C=O) groups is 1. The summed E-state index contributed by atoms with van der Waals surface area (Å²) in [7, 11) is -3.53. The van der Waals surface area contributed by atoms with Crippen molar-refractivity contribution in [3.63, 3.8) is 0 Å². The van der Waals surface area contributed by atoms with Gasteiger partial charge in [0.2, 0.25) is 5.82 Å². The first kappa shape index (κ1) is 24.1. The maximum atomic E-state index is 13.3. The molecule has 0 N–H and O–H groups in total. The third-order valence-corrected chi connectivity index (χ3v) is 5.75. The Labute approximate surface area is 188 Å². The fourth-order valence-corrected chi connectivity index (χ4v) is 3.77. The van der Waals surface area contributed by atoms with E-state index in [0.717, 1.165) is 6.26 Å². The summed E-state index contributed by atoms with van der Waals surface area (Å²) in [5.74, 6) is -1.41. The molecule has 0 aliphatic carbocycles. The van der Waals surface area contributed by atoms with E-state index in [1.54, 1.807) is 6.26 Å². The SMILES string of the molecule is CSCOC(=O)Cn1nc(C(F)(F)F)c(Cl)c1-c1nc(-c2cccc(S(C)(=O)=O)c2)no1. The Hall–Kier alpha value is -2.58. The van der Waals surface area contributed by atoms with Crippen molar-refractivity contribution in [2.75, 3.05) is 18.5 Å². The van der Waals surface area contributed by atoms with E-state index < -0.39 is 50.8 Å². The Morgan fingerprint density at radius 2 is 2.06 bits per heavy atom. The molecule has 9 nitrogen and oxygen atoms in total. The lowest BCUT2D eigenvalue weighted by Gasteiger charge is -2.05. The highest BCUT2D eigenvalue weighted by molar-refractivity contribution is 7.98. The number of hydrogen-bond acceptors (Lipinski definition) is 9. The highest BCUT2D eigenvalue weighted by Gasteiger charge is 2.40. The van der Waals surface area contributed by atoms with E-state index in [2.05, 4.69) is 15.2 Å². The standard InChI is InChI=1S/C17H14ClF3N4O5S2/c1-31-8-29-11(26)7-25-13(12(18)14(23-25)17(19,20)21)16-22-15(24-30-16)9-4-3-5-10(6-9)32(2,27)28/h3-6H,7-8H2,1-2H3. The molecule has 0 unspecified atom stereocenters. The number of aromatic nitrogens is 4. The molecule has 0 aliphatic heterocycles. The van der Waals surface area contributed by atoms with Gasteiger partial charge in [-0.2, -0.15) is 23.3 Å². The molecule has 0 bridgehead atoms. The third kappa shape index (κ3) is 5.24. The van der Waals surface area contributed by atoms with Gasteiger partial charge < -0.3 is 9.26 Å². The number of rotatable bonds is 7. The van der Waals surface area contributed by atoms with Crippen molar-refractivity contribution in [1.82, 2.24) is 19.9 Å². The highest BCUT2D eigenvalue weighted by atomic mass is 35.5. The van der Waals surface area contributed by atoms with E-state index in [1.807, 2.05) is 0 Å². The molecule has 2 heterocycles. The molecule has 0 radical (unpaired) electrons. The largest absolute Gasteiger partial charge is 0.453 e. The highest BCUT2D eigenvalue weighted by Crippen LogP contribution is 2.39. The van der Waals surface area contributed by atoms with Crippen LogP contribution in [-0.4, -0.2) is 52.8 Å². The molecule has 0 fully saturated rings. The fourth-order valence-electron chi connectivity index (χ4n) is 2.54. The van der Waals surface area contributed by atoms with E-state index in [-0.39, 0.29) is 22.2 Å². The molecule has 32 heavy (non-hydrogen) atoms. The maximum Gasteiger partial charge on any atom is 0.436 e. The summed E-state index contributed by atoms with van der Waals surface area (Å²) in [4.78, 5) is 15.9. The monoisotopic (exact) mass is 510 g/mol. The van der Waals surface area contributed by atoms with E-state index in [0.29, 0.717) is 4.68 Å². The molecule has 0 saturated carbocycles. The van der Waals surface area contributed by atoms with Crippen LogP contribution < -0.4 is 0 Å². The van der Waals surface area contributed by atoms with E-state index in [4.69, 9.17) is 20.9 Å². The predicted octanol–water partition coefficient (Wildman–Crippen LogP) is 3.54. The molecule has 0 aliphatic rings. The van der Waals surface area contributed by atoms with Gasteiger partial charge in [-0.15, -0.1) is 11.8 Å². The van der Waals surface area contributed by atoms with Crippen LogP contribution in [0.1, 0.15) is 5.69 Å². The summed E-state index contributed by atoms with van der Waals surface area (Å²) in [5.41, 5.74) is -1.63. The van der Waals surface area contributed by atoms with Crippen LogP contribution in [0.2, 0.25) is 5.02 Å². The van der Waals surface area contributed by atoms with Crippen LogP contribution in [-0.2, 0) is 32.1 Å². The summed E-state index contributed by atoms with van der Waals surface area (Å²) >= 11 is 7.11. The minimum atomic E-state index is -4.91. The maximum absolute atomic E-state index is 13.3. The average molecular weight is 511 g/mol. The van der Waals surface area contributed by atoms with Crippen LogP contribution in [0.25, 0.3) is 23.0 Å². The van der Waals surface area contributed by atoms with Crippen LogP contribution in [0.15, 0.2) is 33.7 Å². The number of hydrogen-bond donors (Lipinski definition) is 0. The molecular weight excluding hydrogens is 497 g/mol. The topological polar surface area (TPSA) is 117 Å². The van der Waals surface area contributed by atoms with Crippen molar-refractivity contribution in [2.24, 2.45) is 0 Å². The predicted molar refractivity (Wildman–Crippen MR) is 109 cm³/mol. The molecule has 3 rings (SSSR count). The smallest absolute Gasteiger partial charge is 0.436 e. The van der Waals surface area contributed by atoms with Gasteiger partial charge in [0.25, 0.3) is 5.89 Å². The number of nitrogens with zero attached hydrogens (tertiary/aromatic N) is 4. The van der Waals surface area contributed by atoms with Crippen molar-refractivity contribution in [2.45, 2.75) is 17.6 Å². The van der Waals surface area contributed by atoms with E-state index >= 15 is 0 Å². The first-order chi connectivity index (χ1) is 14.9. The number of benzene rings is 1. The zero-order valence-corrected chi connectivity index (χ0v) is 18.8. The summed E-state index contributed by atoms with van der Waals surface area (Å²) in [5, 5.41) is 6.23. The van der Waals surface area contributed by atoms with Gasteiger partial charge in [-0.3, -0.25) is 4.79 Å². The Kier molecular flexibility index (Phi) is 6.86. The van der Waals surface area contributed by atoms with E-state index in [9.17, 15) is 26.4 Å². The van der Waals surface area contributed by atoms with Crippen LogP contribution in [0, 0.1) is 0 Å². The molecule has 3 aromatic rings. The van der Waals surface area contributed by atoms with Gasteiger partial charge in [-0.1, -0.05) is 28.9 Å². The van der Waals surface area contributed by atoms with Crippen molar-refractivity contribution < 1.29 is 35.6 Å². The van der Waals surface area contributed by atoms with Crippen LogP contribution in [0.3, 0.4) is 0 Å². The van der Waals surface area contributed by atoms with Gasteiger partial charge in [0.15, 0.2) is 15.5 Å². The van der Waals surface area contributed by atoms with Gasteiger partial charge >= 0.3 is 12.1 Å². The Morgan fingerprint density at radius 1 is 1.34 bits per heavy atom. The van der Waals surface area contributed by atoms with Crippen molar-refractivity contribution >= 4 is 39.2 Å². The lowest BCUT2D eigenvalue weighted by atomic mass is 10.2. The second-order valence-corrected chi connectivity index (χ2v) is 9.52. The number of sulfone groups is 1. The first-order valence-corrected chi connectivity index (χ1v) is 12.2. The summed E-state index contributed by atoms with van der Waals surface area (Å²) in [6.45, 7) is -0.688. The second-order valence-electron chi connectivity index (χ2n) is 6.31. The van der Waals surface area contributed by atoms with Crippen molar-refractivity contribution in [3.05, 3.63) is 35.0 Å². The minimum Gasteiger partial charge on any atom is -0.453 e. The zero-order valence-electron chi connectivity index (χ0n) is 16.4. The summed E-state index contributed by atoms with van der Waals surface area (Å²) in [6, 6.07) is 5.58. The molecule has 0 amide bonds. The molecule has 15 heteroatoms. The van der Waals surface area contributed by atoms with Gasteiger partial charge in [-0.25, -0.2) is 13.1 Å². The van der Waals surface area contributed by atoms with Gasteiger partial charge in [0.05, 0.1) is 4.90 Å². The van der Waals surface area contributed by atoms with Gasteiger partial charge in [0, 0.05) is 11.8 Å². The van der Waals surface area contributed by atoms with Crippen LogP contribution in [0.4, 0.5) is 13.2 Å². The molecular formula is C17H14ClF3N4O5S2. The van der Waals surface area contributed by atoms with Gasteiger partial charge in [0.1, 0.15) is 23.2 Å². The number of ether oxygens (including phenoxy) is 1. The number of esters is 1. The second kappa shape index (κ2) is 9.11. The summed E-state index contributed by atoms with van der Waals surface area (Å²) in [6.07, 6.45) is -2.22. The molecule has 1 aromatic carbocycles. The van der Waals surface area contributed by atoms with Crippen LogP contribution in [0.5, 0.6) is 0 Å². The van der Waals surface area contributed by atoms with E-state index in [1.165, 1.54) is 36.0 Å². The van der Waals surface area contributed by atoms with Gasteiger partial charge in [-0.05, 0) is 18.4 Å². The Balaban J connectivity index is 2.05. The quantitative estimate of drug-likeness (QED) is 0.347. The first-order valence-electron chi connectivity index (χ1n) is 8.54. The molecule has 0 spiro atoms. The average Bonchev–Trinajstić information content (AvgIpc) is 3.30. The normalized spacial score (nSPS) is 12.2. The number of thioether (sulfide) groups is 1. The molecule has 2 aromatic heterocycles. The number of carbonyl (C=O) groups excluding carboxylic acids is 1. The number of alkyl halides is 3. The lowest BCUT2D eigenvalue weighted by Crippen LogP contribution is -2.16. The molecule has 0 saturated heterocycles. The van der Waals surface area contributed by atoms with Crippen LogP contribution >= 0.6 is 23.4 Å². The minimum absolute atomic E-state index is 0.00330. The Morgan fingerprint density at radius 3 is 2.69 bits per heavy atom. The third-order valence-electron chi connectivity index (χ3n) is 3.93. The fraction of sp³-hybridized carbons (Fsp3) is 0.294. The van der Waals surface area contributed by atoms with Crippen molar-refractivity contribution in [3.8, 4) is 23.0 Å². The number of halogens is 4. The summed E-state index contributed by atoms with van der Waals surface area (Å²) < 4.78 is 74.1. The Bertz CT molecular complexity index is 1260. The molecule has 0 atom stereocenters. The molecule has 172 valence electrons. The zero-order chi connectivity index (χ0) is 23.7. The lowest BCUT2D eigenvalue weighted by molar-refractivity contribution is -0.144.